The second-order valence-corrected chi connectivity index (χ2v) is 6.32. The molecular formula is C20H16ClN3O. The van der Waals surface area contributed by atoms with Crippen molar-refractivity contribution in [3.05, 3.63) is 77.6 Å². The molecular weight excluding hydrogens is 334 g/mol. The molecule has 0 spiro atoms. The Morgan fingerprint density at radius 3 is 2.68 bits per heavy atom. The van der Waals surface area contributed by atoms with Crippen molar-refractivity contribution < 1.29 is 5.11 Å². The van der Waals surface area contributed by atoms with Crippen LogP contribution in [0.1, 0.15) is 11.7 Å². The highest BCUT2D eigenvalue weighted by Crippen LogP contribution is 2.24. The highest BCUT2D eigenvalue weighted by atomic mass is 35.5. The maximum absolute atomic E-state index is 10.5. The Labute approximate surface area is 150 Å². The van der Waals surface area contributed by atoms with Crippen LogP contribution in [-0.2, 0) is 0 Å². The molecule has 0 radical (unpaired) electrons. The zero-order valence-corrected chi connectivity index (χ0v) is 14.1. The van der Waals surface area contributed by atoms with Crippen molar-refractivity contribution >= 4 is 39.1 Å². The lowest BCUT2D eigenvalue weighted by molar-refractivity contribution is 0.191. The third kappa shape index (κ3) is 3.27. The van der Waals surface area contributed by atoms with Gasteiger partial charge in [0.15, 0.2) is 0 Å². The van der Waals surface area contributed by atoms with Crippen LogP contribution in [0.15, 0.2) is 67.0 Å². The van der Waals surface area contributed by atoms with E-state index in [2.05, 4.69) is 21.4 Å². The van der Waals surface area contributed by atoms with Gasteiger partial charge >= 0.3 is 0 Å². The maximum Gasteiger partial charge on any atom is 0.137 e. The smallest absolute Gasteiger partial charge is 0.137 e. The SMILES string of the molecule is OC(CNc1ncnc2cc(Cl)ccc12)c1ccc2ccccc2c1. The fourth-order valence-corrected chi connectivity index (χ4v) is 3.06. The molecule has 0 aliphatic rings. The van der Waals surface area contributed by atoms with Gasteiger partial charge in [-0.05, 0) is 40.6 Å². The molecule has 1 atom stereocenters. The summed E-state index contributed by atoms with van der Waals surface area (Å²) in [6.45, 7) is 0.354. The standard InChI is InChI=1S/C20H16ClN3O/c21-16-7-8-17-18(10-16)23-12-24-20(17)22-11-19(25)15-6-5-13-3-1-2-4-14(13)9-15/h1-10,12,19,25H,11H2,(H,22,23,24). The van der Waals surface area contributed by atoms with Gasteiger partial charge in [-0.3, -0.25) is 0 Å². The number of aliphatic hydroxyl groups excluding tert-OH is 1. The Hall–Kier alpha value is -2.69. The molecule has 0 aliphatic carbocycles. The van der Waals surface area contributed by atoms with Crippen molar-refractivity contribution in [3.8, 4) is 0 Å². The first kappa shape index (κ1) is 15.8. The molecule has 0 saturated carbocycles. The van der Waals surface area contributed by atoms with Crippen LogP contribution < -0.4 is 5.32 Å². The van der Waals surface area contributed by atoms with Gasteiger partial charge in [-0.1, -0.05) is 48.0 Å². The molecule has 4 nitrogen and oxygen atoms in total. The number of fused-ring (bicyclic) bond motifs is 2. The number of nitrogens with one attached hydrogen (secondary N) is 1. The van der Waals surface area contributed by atoms with E-state index in [1.165, 1.54) is 6.33 Å². The Bertz CT molecular complexity index is 1050. The average Bonchev–Trinajstić information content (AvgIpc) is 2.65. The summed E-state index contributed by atoms with van der Waals surface area (Å²) in [6.07, 6.45) is 0.852. The monoisotopic (exact) mass is 349 g/mol. The second-order valence-electron chi connectivity index (χ2n) is 5.89. The van der Waals surface area contributed by atoms with E-state index in [1.807, 2.05) is 42.5 Å². The fraction of sp³-hybridized carbons (Fsp3) is 0.100. The minimum Gasteiger partial charge on any atom is -0.387 e. The lowest BCUT2D eigenvalue weighted by atomic mass is 10.0. The Kier molecular flexibility index (Phi) is 4.22. The van der Waals surface area contributed by atoms with Gasteiger partial charge < -0.3 is 10.4 Å². The third-order valence-electron chi connectivity index (χ3n) is 4.22. The predicted molar refractivity (Wildman–Crippen MR) is 102 cm³/mol. The number of halogens is 1. The second kappa shape index (κ2) is 6.67. The summed E-state index contributed by atoms with van der Waals surface area (Å²) >= 11 is 6.01. The first-order valence-electron chi connectivity index (χ1n) is 8.01. The topological polar surface area (TPSA) is 58.0 Å². The molecule has 124 valence electrons. The summed E-state index contributed by atoms with van der Waals surface area (Å²) in [5.74, 6) is 0.682. The predicted octanol–water partition coefficient (Wildman–Crippen LogP) is 4.58. The van der Waals surface area contributed by atoms with Gasteiger partial charge in [0.05, 0.1) is 11.6 Å². The molecule has 0 saturated heterocycles. The summed E-state index contributed by atoms with van der Waals surface area (Å²) in [6, 6.07) is 19.6. The van der Waals surface area contributed by atoms with Gasteiger partial charge in [0.1, 0.15) is 12.1 Å². The van der Waals surface area contributed by atoms with Gasteiger partial charge in [-0.15, -0.1) is 0 Å². The van der Waals surface area contributed by atoms with Crippen LogP contribution >= 0.6 is 11.6 Å². The molecule has 25 heavy (non-hydrogen) atoms. The van der Waals surface area contributed by atoms with Crippen molar-refractivity contribution in [1.82, 2.24) is 9.97 Å². The molecule has 2 N–H and O–H groups in total. The van der Waals surface area contributed by atoms with Crippen molar-refractivity contribution in [2.45, 2.75) is 6.10 Å². The lowest BCUT2D eigenvalue weighted by Gasteiger charge is -2.14. The zero-order chi connectivity index (χ0) is 17.2. The van der Waals surface area contributed by atoms with Gasteiger partial charge in [-0.25, -0.2) is 9.97 Å². The van der Waals surface area contributed by atoms with Crippen molar-refractivity contribution in [3.63, 3.8) is 0 Å². The van der Waals surface area contributed by atoms with E-state index in [0.29, 0.717) is 17.4 Å². The average molecular weight is 350 g/mol. The number of hydrogen-bond acceptors (Lipinski definition) is 4. The molecule has 0 fully saturated rings. The van der Waals surface area contributed by atoms with E-state index in [0.717, 1.165) is 27.2 Å². The maximum atomic E-state index is 10.5. The van der Waals surface area contributed by atoms with E-state index in [1.54, 1.807) is 12.1 Å². The van der Waals surface area contributed by atoms with Crippen LogP contribution in [0, 0.1) is 0 Å². The molecule has 0 aliphatic heterocycles. The molecule has 0 amide bonds. The summed E-state index contributed by atoms with van der Waals surface area (Å²) < 4.78 is 0. The molecule has 1 unspecified atom stereocenters. The van der Waals surface area contributed by atoms with E-state index in [-0.39, 0.29) is 0 Å². The minimum absolute atomic E-state index is 0.354. The van der Waals surface area contributed by atoms with Crippen LogP contribution in [0.2, 0.25) is 5.02 Å². The van der Waals surface area contributed by atoms with E-state index >= 15 is 0 Å². The van der Waals surface area contributed by atoms with Gasteiger partial charge in [0.2, 0.25) is 0 Å². The molecule has 0 bridgehead atoms. The van der Waals surface area contributed by atoms with Crippen molar-refractivity contribution in [2.75, 3.05) is 11.9 Å². The number of benzene rings is 3. The lowest BCUT2D eigenvalue weighted by Crippen LogP contribution is -2.13. The van der Waals surface area contributed by atoms with Crippen molar-refractivity contribution in [2.24, 2.45) is 0 Å². The minimum atomic E-state index is -0.637. The van der Waals surface area contributed by atoms with Crippen LogP contribution in [-0.4, -0.2) is 21.6 Å². The quantitative estimate of drug-likeness (QED) is 0.566. The van der Waals surface area contributed by atoms with Gasteiger partial charge in [-0.2, -0.15) is 0 Å². The van der Waals surface area contributed by atoms with E-state index in [9.17, 15) is 5.11 Å². The van der Waals surface area contributed by atoms with Gasteiger partial charge in [0, 0.05) is 17.0 Å². The highest BCUT2D eigenvalue weighted by Gasteiger charge is 2.10. The summed E-state index contributed by atoms with van der Waals surface area (Å²) in [5, 5.41) is 17.5. The zero-order valence-electron chi connectivity index (χ0n) is 13.4. The normalized spacial score (nSPS) is 12.4. The molecule has 5 heteroatoms. The highest BCUT2D eigenvalue weighted by molar-refractivity contribution is 6.31. The number of rotatable bonds is 4. The first-order valence-corrected chi connectivity index (χ1v) is 8.39. The third-order valence-corrected chi connectivity index (χ3v) is 4.45. The Morgan fingerprint density at radius 1 is 0.960 bits per heavy atom. The van der Waals surface area contributed by atoms with E-state index < -0.39 is 6.10 Å². The van der Waals surface area contributed by atoms with Crippen LogP contribution in [0.4, 0.5) is 5.82 Å². The van der Waals surface area contributed by atoms with Crippen LogP contribution in [0.25, 0.3) is 21.7 Å². The molecule has 1 heterocycles. The molecule has 3 aromatic carbocycles. The number of aromatic nitrogens is 2. The number of anilines is 1. The Morgan fingerprint density at radius 2 is 1.80 bits per heavy atom. The largest absolute Gasteiger partial charge is 0.387 e. The van der Waals surface area contributed by atoms with Crippen molar-refractivity contribution in [1.29, 1.82) is 0 Å². The van der Waals surface area contributed by atoms with Gasteiger partial charge in [0.25, 0.3) is 0 Å². The fourth-order valence-electron chi connectivity index (χ4n) is 2.90. The first-order chi connectivity index (χ1) is 12.2. The molecule has 1 aromatic heterocycles. The van der Waals surface area contributed by atoms with Crippen LogP contribution in [0.5, 0.6) is 0 Å². The summed E-state index contributed by atoms with van der Waals surface area (Å²) in [4.78, 5) is 8.50. The van der Waals surface area contributed by atoms with E-state index in [4.69, 9.17) is 11.6 Å². The number of aliphatic hydroxyl groups is 1. The molecule has 4 rings (SSSR count). The Balaban J connectivity index is 1.56. The summed E-state index contributed by atoms with van der Waals surface area (Å²) in [7, 11) is 0. The van der Waals surface area contributed by atoms with Crippen LogP contribution in [0.3, 0.4) is 0 Å². The summed E-state index contributed by atoms with van der Waals surface area (Å²) in [5.41, 5.74) is 1.64. The molecule has 4 aromatic rings. The number of nitrogens with zero attached hydrogens (tertiary/aromatic N) is 2. The number of hydrogen-bond donors (Lipinski definition) is 2.